The second-order valence-corrected chi connectivity index (χ2v) is 7.84. The van der Waals surface area contributed by atoms with Crippen LogP contribution in [0.5, 0.6) is 0 Å². The average Bonchev–Trinajstić information content (AvgIpc) is 2.78. The van der Waals surface area contributed by atoms with Crippen molar-refractivity contribution in [2.24, 2.45) is 0 Å². The molecule has 3 atom stereocenters. The summed E-state index contributed by atoms with van der Waals surface area (Å²) in [6.45, 7) is 2.78. The Morgan fingerprint density at radius 1 is 0.750 bits per heavy atom. The van der Waals surface area contributed by atoms with E-state index in [2.05, 4.69) is 6.92 Å². The number of ether oxygens (including phenoxy) is 6. The van der Waals surface area contributed by atoms with Gasteiger partial charge in [0.25, 0.3) is 0 Å². The van der Waals surface area contributed by atoms with Gasteiger partial charge in [0.2, 0.25) is 0 Å². The first-order valence-corrected chi connectivity index (χ1v) is 11.8. The van der Waals surface area contributed by atoms with Crippen molar-refractivity contribution in [2.75, 3.05) is 41.7 Å². The lowest BCUT2D eigenvalue weighted by molar-refractivity contribution is -0.145. The fourth-order valence-electron chi connectivity index (χ4n) is 3.30. The Labute approximate surface area is 194 Å². The third-order valence-electron chi connectivity index (χ3n) is 5.03. The number of hydrogen-bond donors (Lipinski definition) is 1. The second-order valence-electron chi connectivity index (χ2n) is 7.84. The van der Waals surface area contributed by atoms with Gasteiger partial charge >= 0.3 is 5.97 Å². The van der Waals surface area contributed by atoms with Crippen molar-refractivity contribution in [2.45, 2.75) is 95.9 Å². The van der Waals surface area contributed by atoms with E-state index < -0.39 is 5.97 Å². The molecule has 0 bridgehead atoms. The van der Waals surface area contributed by atoms with Gasteiger partial charge in [-0.3, -0.25) is 4.79 Å². The second kappa shape index (κ2) is 23.1. The molecule has 0 saturated carbocycles. The monoisotopic (exact) mass is 462 g/mol. The normalized spacial score (nSPS) is 14.6. The molecule has 1 N–H and O–H groups in total. The van der Waals surface area contributed by atoms with Crippen LogP contribution in [0.2, 0.25) is 0 Å². The molecule has 8 nitrogen and oxygen atoms in total. The molecule has 32 heavy (non-hydrogen) atoms. The fraction of sp³-hybridized carbons (Fsp3) is 0.875. The number of unbranched alkanes of at least 4 members (excludes halogenated alkanes) is 6. The van der Waals surface area contributed by atoms with Crippen LogP contribution >= 0.6 is 0 Å². The summed E-state index contributed by atoms with van der Waals surface area (Å²) < 4.78 is 32.9. The predicted molar refractivity (Wildman–Crippen MR) is 123 cm³/mol. The molecular weight excluding hydrogens is 416 g/mol. The van der Waals surface area contributed by atoms with Gasteiger partial charge in [-0.15, -0.1) is 0 Å². The molecule has 0 amide bonds. The minimum Gasteiger partial charge on any atom is -0.481 e. The number of carboxylic acids is 1. The van der Waals surface area contributed by atoms with Crippen LogP contribution in [-0.4, -0.2) is 71.1 Å². The van der Waals surface area contributed by atoms with Crippen molar-refractivity contribution in [1.82, 2.24) is 0 Å². The number of carbonyl (C=O) groups is 1. The third kappa shape index (κ3) is 18.5. The summed E-state index contributed by atoms with van der Waals surface area (Å²) in [6, 6.07) is 0. The van der Waals surface area contributed by atoms with Gasteiger partial charge in [0, 0.05) is 27.8 Å². The minimum atomic E-state index is -0.726. The quantitative estimate of drug-likeness (QED) is 0.123. The topological polar surface area (TPSA) is 92.7 Å². The number of methoxy groups -OCH3 is 3. The first-order valence-electron chi connectivity index (χ1n) is 11.8. The molecule has 0 spiro atoms. The Kier molecular flexibility index (Phi) is 22.4. The highest BCUT2D eigenvalue weighted by Gasteiger charge is 2.21. The molecule has 0 rings (SSSR count). The summed E-state index contributed by atoms with van der Waals surface area (Å²) in [6.07, 6.45) is 13.6. The van der Waals surface area contributed by atoms with E-state index in [1.54, 1.807) is 21.3 Å². The number of carboxylic acid groups (broad SMARTS) is 1. The highest BCUT2D eigenvalue weighted by molar-refractivity contribution is 5.66. The van der Waals surface area contributed by atoms with Gasteiger partial charge in [-0.25, -0.2) is 0 Å². The van der Waals surface area contributed by atoms with Crippen LogP contribution in [-0.2, 0) is 33.2 Å². The smallest absolute Gasteiger partial charge is 0.303 e. The van der Waals surface area contributed by atoms with E-state index >= 15 is 0 Å². The number of aliphatic carboxylic acids is 1. The van der Waals surface area contributed by atoms with E-state index in [0.29, 0.717) is 0 Å². The lowest BCUT2D eigenvalue weighted by Gasteiger charge is -2.25. The standard InChI is InChI=1S/C24H46O8/c1-5-6-10-14-22(31-19-28-3)23(32-20-29-4)17-16-21(30-18-27-2)13-11-8-7-9-12-15-24(25)26/h16-17,21-23H,5-15,18-20H2,1-4H3,(H,25,26)/b17-16+/t21-,22-,23+/m0/s1. The van der Waals surface area contributed by atoms with E-state index in [4.69, 9.17) is 33.5 Å². The summed E-state index contributed by atoms with van der Waals surface area (Å²) in [4.78, 5) is 10.6. The van der Waals surface area contributed by atoms with Crippen molar-refractivity contribution >= 4 is 5.97 Å². The van der Waals surface area contributed by atoms with Crippen LogP contribution in [0.1, 0.15) is 77.6 Å². The third-order valence-corrected chi connectivity index (χ3v) is 5.03. The SMILES string of the molecule is CCCCC[C@H](OCOC)[C@@H](/C=C/[C@H](CCCCCCCC(=O)O)OCOC)OCOC. The van der Waals surface area contributed by atoms with Gasteiger partial charge in [0.05, 0.1) is 12.2 Å². The Morgan fingerprint density at radius 3 is 2.00 bits per heavy atom. The molecule has 0 aromatic heterocycles. The Balaban J connectivity index is 4.83. The highest BCUT2D eigenvalue weighted by Crippen LogP contribution is 2.17. The van der Waals surface area contributed by atoms with Crippen LogP contribution < -0.4 is 0 Å². The van der Waals surface area contributed by atoms with Crippen molar-refractivity contribution in [1.29, 1.82) is 0 Å². The molecule has 0 aromatic carbocycles. The molecule has 0 aliphatic carbocycles. The molecular formula is C24H46O8. The van der Waals surface area contributed by atoms with Crippen LogP contribution in [0.25, 0.3) is 0 Å². The molecule has 0 fully saturated rings. The van der Waals surface area contributed by atoms with E-state index in [9.17, 15) is 4.79 Å². The fourth-order valence-corrected chi connectivity index (χ4v) is 3.30. The van der Waals surface area contributed by atoms with Crippen molar-refractivity contribution in [3.05, 3.63) is 12.2 Å². The maximum absolute atomic E-state index is 10.6. The van der Waals surface area contributed by atoms with Crippen molar-refractivity contribution < 1.29 is 38.3 Å². The van der Waals surface area contributed by atoms with Crippen molar-refractivity contribution in [3.8, 4) is 0 Å². The average molecular weight is 463 g/mol. The lowest BCUT2D eigenvalue weighted by Crippen LogP contribution is -2.32. The molecule has 0 saturated heterocycles. The first-order chi connectivity index (χ1) is 15.6. The van der Waals surface area contributed by atoms with Crippen LogP contribution in [0, 0.1) is 0 Å². The molecule has 0 aromatic rings. The van der Waals surface area contributed by atoms with E-state index in [-0.39, 0.29) is 45.1 Å². The zero-order chi connectivity index (χ0) is 23.9. The molecule has 0 aliphatic heterocycles. The molecule has 0 aliphatic rings. The Bertz CT molecular complexity index is 444. The Morgan fingerprint density at radius 2 is 1.34 bits per heavy atom. The lowest BCUT2D eigenvalue weighted by atomic mass is 10.0. The zero-order valence-electron chi connectivity index (χ0n) is 20.6. The van der Waals surface area contributed by atoms with Crippen LogP contribution in [0.15, 0.2) is 12.2 Å². The highest BCUT2D eigenvalue weighted by atomic mass is 16.7. The number of hydrogen-bond acceptors (Lipinski definition) is 7. The molecule has 190 valence electrons. The maximum Gasteiger partial charge on any atom is 0.303 e. The predicted octanol–water partition coefficient (Wildman–Crippen LogP) is 4.91. The van der Waals surface area contributed by atoms with Gasteiger partial charge in [-0.1, -0.05) is 64.0 Å². The zero-order valence-corrected chi connectivity index (χ0v) is 20.6. The van der Waals surface area contributed by atoms with Gasteiger partial charge in [0.1, 0.15) is 26.5 Å². The summed E-state index contributed by atoms with van der Waals surface area (Å²) in [5.74, 6) is -0.726. The van der Waals surface area contributed by atoms with Gasteiger partial charge < -0.3 is 33.5 Å². The summed E-state index contributed by atoms with van der Waals surface area (Å²) in [5, 5.41) is 8.71. The summed E-state index contributed by atoms with van der Waals surface area (Å²) in [7, 11) is 4.82. The maximum atomic E-state index is 10.6. The molecule has 0 unspecified atom stereocenters. The van der Waals surface area contributed by atoms with Gasteiger partial charge in [0.15, 0.2) is 0 Å². The van der Waals surface area contributed by atoms with Gasteiger partial charge in [-0.2, -0.15) is 0 Å². The summed E-state index contributed by atoms with van der Waals surface area (Å²) in [5.41, 5.74) is 0. The van der Waals surface area contributed by atoms with E-state index in [1.807, 2.05) is 12.2 Å². The number of rotatable bonds is 24. The minimum absolute atomic E-state index is 0.0960. The summed E-state index contributed by atoms with van der Waals surface area (Å²) >= 11 is 0. The molecule has 0 radical (unpaired) electrons. The Hall–Kier alpha value is -1.03. The van der Waals surface area contributed by atoms with Crippen LogP contribution in [0.3, 0.4) is 0 Å². The molecule has 8 heteroatoms. The largest absolute Gasteiger partial charge is 0.481 e. The van der Waals surface area contributed by atoms with Crippen LogP contribution in [0.4, 0.5) is 0 Å². The van der Waals surface area contributed by atoms with Gasteiger partial charge in [-0.05, 0) is 19.3 Å². The van der Waals surface area contributed by atoms with E-state index in [1.165, 1.54) is 0 Å². The van der Waals surface area contributed by atoms with E-state index in [0.717, 1.165) is 64.2 Å². The molecule has 0 heterocycles. The van der Waals surface area contributed by atoms with Crippen molar-refractivity contribution in [3.63, 3.8) is 0 Å². The first kappa shape index (κ1) is 31.0.